The first kappa shape index (κ1) is 15.0. The molecule has 2 rings (SSSR count). The van der Waals surface area contributed by atoms with Crippen molar-refractivity contribution in [2.45, 2.75) is 6.42 Å². The number of nitrogens with two attached hydrogens (primary N) is 1. The zero-order valence-electron chi connectivity index (χ0n) is 10.7. The molecule has 0 aliphatic heterocycles. The molecule has 0 heterocycles. The summed E-state index contributed by atoms with van der Waals surface area (Å²) in [5.41, 5.74) is 5.88. The van der Waals surface area contributed by atoms with Crippen LogP contribution in [-0.2, 0) is 6.42 Å². The van der Waals surface area contributed by atoms with Crippen molar-refractivity contribution in [3.8, 4) is 0 Å². The van der Waals surface area contributed by atoms with Gasteiger partial charge in [0.15, 0.2) is 23.3 Å². The minimum absolute atomic E-state index is 0.304. The summed E-state index contributed by atoms with van der Waals surface area (Å²) in [6.07, 6.45) is -0.427. The van der Waals surface area contributed by atoms with Crippen LogP contribution in [0.4, 0.5) is 22.0 Å². The molecule has 2 aromatic rings. The molecular formula is C15H10F5N. The van der Waals surface area contributed by atoms with Crippen LogP contribution in [0.1, 0.15) is 16.7 Å². The largest absolute Gasteiger partial charge is 0.399 e. The van der Waals surface area contributed by atoms with Crippen LogP contribution < -0.4 is 5.73 Å². The molecule has 110 valence electrons. The Morgan fingerprint density at radius 1 is 0.810 bits per heavy atom. The van der Waals surface area contributed by atoms with Crippen LogP contribution in [0, 0.1) is 29.1 Å². The molecule has 0 saturated carbocycles. The van der Waals surface area contributed by atoms with Crippen LogP contribution in [-0.4, -0.2) is 0 Å². The van der Waals surface area contributed by atoms with Gasteiger partial charge in [0.1, 0.15) is 0 Å². The van der Waals surface area contributed by atoms with Gasteiger partial charge in [-0.05, 0) is 11.1 Å². The number of hydrogen-bond donors (Lipinski definition) is 1. The summed E-state index contributed by atoms with van der Waals surface area (Å²) < 4.78 is 66.2. The predicted molar refractivity (Wildman–Crippen MR) is 68.7 cm³/mol. The van der Waals surface area contributed by atoms with Crippen LogP contribution >= 0.6 is 0 Å². The fourth-order valence-electron chi connectivity index (χ4n) is 1.85. The Morgan fingerprint density at radius 2 is 1.24 bits per heavy atom. The highest BCUT2D eigenvalue weighted by Gasteiger charge is 2.25. The second kappa shape index (κ2) is 5.55. The van der Waals surface area contributed by atoms with Crippen LogP contribution in [0.25, 0.3) is 5.70 Å². The first-order chi connectivity index (χ1) is 9.82. The zero-order valence-corrected chi connectivity index (χ0v) is 10.7. The lowest BCUT2D eigenvalue weighted by molar-refractivity contribution is 0.371. The molecule has 0 fully saturated rings. The standard InChI is InChI=1S/C15H10F5N/c1-7(21)9-4-2-8(3-5-9)6-10-11(16)13(18)15(20)14(19)12(10)17/h2-5H,1,6,21H2. The maximum Gasteiger partial charge on any atom is 0.200 e. The van der Waals surface area contributed by atoms with Crippen molar-refractivity contribution in [3.05, 3.63) is 76.6 Å². The first-order valence-electron chi connectivity index (χ1n) is 5.87. The second-order valence-electron chi connectivity index (χ2n) is 4.45. The van der Waals surface area contributed by atoms with E-state index in [1.54, 1.807) is 12.1 Å². The van der Waals surface area contributed by atoms with Gasteiger partial charge in [0.25, 0.3) is 0 Å². The number of hydrogen-bond acceptors (Lipinski definition) is 1. The summed E-state index contributed by atoms with van der Waals surface area (Å²) in [4.78, 5) is 0. The molecule has 0 aliphatic carbocycles. The molecule has 6 heteroatoms. The van der Waals surface area contributed by atoms with E-state index in [0.717, 1.165) is 0 Å². The van der Waals surface area contributed by atoms with Crippen molar-refractivity contribution in [2.24, 2.45) is 5.73 Å². The number of rotatable bonds is 3. The molecule has 21 heavy (non-hydrogen) atoms. The monoisotopic (exact) mass is 299 g/mol. The van der Waals surface area contributed by atoms with E-state index in [4.69, 9.17) is 5.73 Å². The van der Waals surface area contributed by atoms with Gasteiger partial charge in [-0.1, -0.05) is 30.8 Å². The summed E-state index contributed by atoms with van der Waals surface area (Å²) >= 11 is 0. The molecule has 0 aromatic heterocycles. The van der Waals surface area contributed by atoms with Gasteiger partial charge in [0.2, 0.25) is 5.82 Å². The third kappa shape index (κ3) is 2.74. The molecule has 0 amide bonds. The maximum absolute atomic E-state index is 13.5. The maximum atomic E-state index is 13.5. The lowest BCUT2D eigenvalue weighted by atomic mass is 10.0. The molecule has 2 N–H and O–H groups in total. The molecule has 0 saturated heterocycles. The van der Waals surface area contributed by atoms with Crippen LogP contribution in [0.5, 0.6) is 0 Å². The van der Waals surface area contributed by atoms with E-state index >= 15 is 0 Å². The van der Waals surface area contributed by atoms with Crippen LogP contribution in [0.3, 0.4) is 0 Å². The molecule has 0 atom stereocenters. The van der Waals surface area contributed by atoms with E-state index in [1.165, 1.54) is 12.1 Å². The third-order valence-corrected chi connectivity index (χ3v) is 3.01. The highest BCUT2D eigenvalue weighted by Crippen LogP contribution is 2.25. The third-order valence-electron chi connectivity index (χ3n) is 3.01. The predicted octanol–water partition coefficient (Wildman–Crippen LogP) is 3.90. The van der Waals surface area contributed by atoms with Crippen LogP contribution in [0.15, 0.2) is 30.8 Å². The van der Waals surface area contributed by atoms with Crippen molar-refractivity contribution in [2.75, 3.05) is 0 Å². The fraction of sp³-hybridized carbons (Fsp3) is 0.0667. The Morgan fingerprint density at radius 3 is 1.67 bits per heavy atom. The lowest BCUT2D eigenvalue weighted by Gasteiger charge is -2.09. The smallest absolute Gasteiger partial charge is 0.200 e. The molecule has 2 aromatic carbocycles. The minimum Gasteiger partial charge on any atom is -0.399 e. The van der Waals surface area contributed by atoms with Crippen molar-refractivity contribution in [1.82, 2.24) is 0 Å². The topological polar surface area (TPSA) is 26.0 Å². The van der Waals surface area contributed by atoms with Crippen molar-refractivity contribution in [1.29, 1.82) is 0 Å². The summed E-state index contributed by atoms with van der Waals surface area (Å²) in [6, 6.07) is 6.05. The van der Waals surface area contributed by atoms with E-state index in [-0.39, 0.29) is 0 Å². The fourth-order valence-corrected chi connectivity index (χ4v) is 1.85. The van der Waals surface area contributed by atoms with Gasteiger partial charge in [-0.15, -0.1) is 0 Å². The summed E-state index contributed by atoms with van der Waals surface area (Å²) in [6.45, 7) is 3.52. The van der Waals surface area contributed by atoms with Gasteiger partial charge < -0.3 is 5.73 Å². The second-order valence-corrected chi connectivity index (χ2v) is 4.45. The van der Waals surface area contributed by atoms with E-state index in [0.29, 0.717) is 16.8 Å². The Balaban J connectivity index is 2.42. The normalized spacial score (nSPS) is 10.7. The van der Waals surface area contributed by atoms with Crippen molar-refractivity contribution < 1.29 is 22.0 Å². The summed E-state index contributed by atoms with van der Waals surface area (Å²) in [7, 11) is 0. The number of halogens is 5. The molecule has 0 aliphatic rings. The Hall–Kier alpha value is -2.37. The van der Waals surface area contributed by atoms with Gasteiger partial charge in [0, 0.05) is 17.7 Å². The highest BCUT2D eigenvalue weighted by molar-refractivity contribution is 5.60. The van der Waals surface area contributed by atoms with Gasteiger partial charge in [-0.25, -0.2) is 22.0 Å². The average molecular weight is 299 g/mol. The Kier molecular flexibility index (Phi) is 3.97. The molecule has 0 radical (unpaired) electrons. The lowest BCUT2D eigenvalue weighted by Crippen LogP contribution is -2.07. The van der Waals surface area contributed by atoms with Crippen molar-refractivity contribution in [3.63, 3.8) is 0 Å². The van der Waals surface area contributed by atoms with Crippen molar-refractivity contribution >= 4 is 5.70 Å². The number of benzene rings is 2. The van der Waals surface area contributed by atoms with E-state index in [9.17, 15) is 22.0 Å². The van der Waals surface area contributed by atoms with Gasteiger partial charge in [-0.2, -0.15) is 0 Å². The highest BCUT2D eigenvalue weighted by atomic mass is 19.2. The molecular weight excluding hydrogens is 289 g/mol. The van der Waals surface area contributed by atoms with Gasteiger partial charge in [0.05, 0.1) is 0 Å². The van der Waals surface area contributed by atoms with Crippen LogP contribution in [0.2, 0.25) is 0 Å². The summed E-state index contributed by atoms with van der Waals surface area (Å²) in [5, 5.41) is 0. The quantitative estimate of drug-likeness (QED) is 0.519. The SMILES string of the molecule is C=C(N)c1ccc(Cc2c(F)c(F)c(F)c(F)c2F)cc1. The molecule has 0 unspecified atom stereocenters. The van der Waals surface area contributed by atoms with Gasteiger partial charge >= 0.3 is 0 Å². The molecule has 0 bridgehead atoms. The van der Waals surface area contributed by atoms with E-state index in [1.807, 2.05) is 0 Å². The minimum atomic E-state index is -2.16. The Labute approximate surface area is 117 Å². The average Bonchev–Trinajstić information content (AvgIpc) is 2.48. The first-order valence-corrected chi connectivity index (χ1v) is 5.87. The van der Waals surface area contributed by atoms with E-state index in [2.05, 4.69) is 6.58 Å². The van der Waals surface area contributed by atoms with Gasteiger partial charge in [-0.3, -0.25) is 0 Å². The molecule has 0 spiro atoms. The summed E-state index contributed by atoms with van der Waals surface area (Å²) in [5.74, 6) is -9.70. The molecule has 1 nitrogen and oxygen atoms in total. The zero-order chi connectivity index (χ0) is 15.7. The van der Waals surface area contributed by atoms with E-state index < -0.39 is 41.1 Å². The Bertz CT molecular complexity index is 678.